The van der Waals surface area contributed by atoms with Crippen LogP contribution in [0.5, 0.6) is 0 Å². The molecule has 0 spiro atoms. The van der Waals surface area contributed by atoms with Crippen molar-refractivity contribution < 1.29 is 9.59 Å². The van der Waals surface area contributed by atoms with Crippen molar-refractivity contribution in [1.29, 1.82) is 0 Å². The zero-order valence-corrected chi connectivity index (χ0v) is 18.4. The second-order valence-electron chi connectivity index (χ2n) is 7.08. The Balaban J connectivity index is 1.97. The summed E-state index contributed by atoms with van der Waals surface area (Å²) in [6.07, 6.45) is 0. The van der Waals surface area contributed by atoms with Gasteiger partial charge in [-0.2, -0.15) is 0 Å². The van der Waals surface area contributed by atoms with Crippen LogP contribution in [0.1, 0.15) is 30.5 Å². The summed E-state index contributed by atoms with van der Waals surface area (Å²) in [6.45, 7) is 11.9. The fourth-order valence-corrected chi connectivity index (χ4v) is 3.79. The monoisotopic (exact) mass is 402 g/mol. The second kappa shape index (κ2) is 9.80. The van der Waals surface area contributed by atoms with Gasteiger partial charge in [0.25, 0.3) is 0 Å². The Bertz CT molecular complexity index is 843. The Labute approximate surface area is 171 Å². The lowest BCUT2D eigenvalue weighted by Gasteiger charge is -2.22. The number of carbonyl (C=O) groups is 2. The van der Waals surface area contributed by atoms with E-state index in [1.807, 2.05) is 19.2 Å². The van der Waals surface area contributed by atoms with E-state index in [2.05, 4.69) is 43.2 Å². The predicted molar refractivity (Wildman–Crippen MR) is 116 cm³/mol. The number of carbonyl (C=O) groups excluding carboxylic acids is 2. The van der Waals surface area contributed by atoms with Crippen molar-refractivity contribution in [1.82, 2.24) is 14.8 Å². The Hall–Kier alpha value is -2.25. The molecule has 0 atom stereocenters. The molecule has 0 unspecified atom stereocenters. The lowest BCUT2D eigenvalue weighted by atomic mass is 9.99. The van der Waals surface area contributed by atoms with E-state index in [0.29, 0.717) is 18.2 Å². The molecule has 1 aromatic heterocycles. The Morgan fingerprint density at radius 1 is 1.04 bits per heavy atom. The summed E-state index contributed by atoms with van der Waals surface area (Å²) in [4.78, 5) is 32.5. The maximum absolute atomic E-state index is 12.3. The maximum Gasteiger partial charge on any atom is 0.240 e. The zero-order valence-electron chi connectivity index (χ0n) is 17.6. The second-order valence-corrected chi connectivity index (χ2v) is 7.93. The largest absolute Gasteiger partial charge is 0.342 e. The molecule has 6 nitrogen and oxygen atoms in total. The smallest absolute Gasteiger partial charge is 0.240 e. The molecule has 1 heterocycles. The van der Waals surface area contributed by atoms with Gasteiger partial charge in [0.05, 0.1) is 18.8 Å². The van der Waals surface area contributed by atoms with E-state index in [9.17, 15) is 9.59 Å². The van der Waals surface area contributed by atoms with Gasteiger partial charge in [0, 0.05) is 24.0 Å². The molecule has 2 rings (SSSR count). The number of anilines is 1. The minimum atomic E-state index is -0.174. The fraction of sp³-hybridized carbons (Fsp3) is 0.476. The zero-order chi connectivity index (χ0) is 20.8. The van der Waals surface area contributed by atoms with Crippen LogP contribution in [0.4, 0.5) is 5.13 Å². The minimum Gasteiger partial charge on any atom is -0.342 e. The fourth-order valence-electron chi connectivity index (χ4n) is 3.06. The lowest BCUT2D eigenvalue weighted by Crippen LogP contribution is -2.41. The van der Waals surface area contributed by atoms with Crippen molar-refractivity contribution in [2.24, 2.45) is 0 Å². The number of rotatable bonds is 8. The third-order valence-electron chi connectivity index (χ3n) is 4.80. The molecular weight excluding hydrogens is 372 g/mol. The molecule has 2 aromatic rings. The number of hydrogen-bond acceptors (Lipinski definition) is 5. The molecular formula is C21H30N4O2S. The van der Waals surface area contributed by atoms with Crippen LogP contribution in [-0.2, 0) is 9.59 Å². The van der Waals surface area contributed by atoms with Crippen LogP contribution >= 0.6 is 11.3 Å². The highest BCUT2D eigenvalue weighted by atomic mass is 32.1. The number of nitrogens with zero attached hydrogens (tertiary/aromatic N) is 3. The van der Waals surface area contributed by atoms with Crippen molar-refractivity contribution in [2.45, 2.75) is 34.6 Å². The highest BCUT2D eigenvalue weighted by Crippen LogP contribution is 2.29. The van der Waals surface area contributed by atoms with E-state index in [4.69, 9.17) is 0 Å². The van der Waals surface area contributed by atoms with Gasteiger partial charge < -0.3 is 10.2 Å². The summed E-state index contributed by atoms with van der Waals surface area (Å²) in [6, 6.07) is 4.29. The number of amides is 2. The highest BCUT2D eigenvalue weighted by molar-refractivity contribution is 7.14. The molecule has 2 amide bonds. The van der Waals surface area contributed by atoms with Crippen LogP contribution in [0.3, 0.4) is 0 Å². The molecule has 1 N–H and O–H groups in total. The Kier molecular flexibility index (Phi) is 7.71. The first-order chi connectivity index (χ1) is 13.2. The highest BCUT2D eigenvalue weighted by Gasteiger charge is 2.16. The van der Waals surface area contributed by atoms with Crippen molar-refractivity contribution in [3.05, 3.63) is 34.2 Å². The maximum atomic E-state index is 12.3. The van der Waals surface area contributed by atoms with Crippen molar-refractivity contribution in [2.75, 3.05) is 38.5 Å². The van der Waals surface area contributed by atoms with Crippen molar-refractivity contribution >= 4 is 28.3 Å². The summed E-state index contributed by atoms with van der Waals surface area (Å²) in [5.74, 6) is -0.144. The van der Waals surface area contributed by atoms with E-state index >= 15 is 0 Å². The molecule has 0 aliphatic rings. The summed E-state index contributed by atoms with van der Waals surface area (Å²) in [5, 5.41) is 5.37. The topological polar surface area (TPSA) is 65.5 Å². The molecule has 0 saturated heterocycles. The first kappa shape index (κ1) is 22.0. The van der Waals surface area contributed by atoms with Crippen LogP contribution in [0.25, 0.3) is 11.3 Å². The van der Waals surface area contributed by atoms with Crippen LogP contribution in [0.2, 0.25) is 0 Å². The summed E-state index contributed by atoms with van der Waals surface area (Å²) in [5.41, 5.74) is 5.60. The number of thiazole rings is 1. The van der Waals surface area contributed by atoms with Gasteiger partial charge >= 0.3 is 0 Å². The SMILES string of the molecule is CCN(CC)C(=O)CN(C)CC(=O)Nc1nc(-c2cc(C)c(C)cc2C)cs1. The number of likely N-dealkylation sites (N-methyl/N-ethyl adjacent to an activating group) is 2. The minimum absolute atomic E-state index is 0.0297. The molecule has 0 aliphatic carbocycles. The lowest BCUT2D eigenvalue weighted by molar-refractivity contribution is -0.132. The summed E-state index contributed by atoms with van der Waals surface area (Å²) >= 11 is 1.41. The van der Waals surface area contributed by atoms with Crippen LogP contribution in [0, 0.1) is 20.8 Å². The molecule has 0 aliphatic heterocycles. The van der Waals surface area contributed by atoms with E-state index in [-0.39, 0.29) is 24.9 Å². The standard InChI is InChI=1S/C21H30N4O2S/c1-7-25(8-2)20(27)12-24(6)11-19(26)23-21-22-18(13-28-21)17-10-15(4)14(3)9-16(17)5/h9-10,13H,7-8,11-12H2,1-6H3,(H,22,23,26). The summed E-state index contributed by atoms with van der Waals surface area (Å²) < 4.78 is 0. The van der Waals surface area contributed by atoms with Gasteiger partial charge in [0.2, 0.25) is 11.8 Å². The molecule has 28 heavy (non-hydrogen) atoms. The van der Waals surface area contributed by atoms with Gasteiger partial charge in [-0.25, -0.2) is 4.98 Å². The third-order valence-corrected chi connectivity index (χ3v) is 5.56. The number of aryl methyl sites for hydroxylation is 3. The number of benzene rings is 1. The average Bonchev–Trinajstić information content (AvgIpc) is 3.06. The van der Waals surface area contributed by atoms with Gasteiger partial charge in [-0.15, -0.1) is 11.3 Å². The molecule has 152 valence electrons. The number of aromatic nitrogens is 1. The van der Waals surface area contributed by atoms with Crippen molar-refractivity contribution in [3.63, 3.8) is 0 Å². The van der Waals surface area contributed by atoms with E-state index < -0.39 is 0 Å². The van der Waals surface area contributed by atoms with Gasteiger partial charge in [-0.1, -0.05) is 6.07 Å². The van der Waals surface area contributed by atoms with Gasteiger partial charge in [-0.05, 0) is 64.4 Å². The van der Waals surface area contributed by atoms with E-state index in [1.165, 1.54) is 28.0 Å². The molecule has 0 bridgehead atoms. The van der Waals surface area contributed by atoms with Crippen molar-refractivity contribution in [3.8, 4) is 11.3 Å². The first-order valence-electron chi connectivity index (χ1n) is 9.55. The number of nitrogens with one attached hydrogen (secondary N) is 1. The van der Waals surface area contributed by atoms with Gasteiger partial charge in [0.1, 0.15) is 0 Å². The molecule has 1 aromatic carbocycles. The first-order valence-corrected chi connectivity index (χ1v) is 10.4. The molecule has 7 heteroatoms. The van der Waals surface area contributed by atoms with E-state index in [0.717, 1.165) is 11.3 Å². The summed E-state index contributed by atoms with van der Waals surface area (Å²) in [7, 11) is 1.77. The Morgan fingerprint density at radius 3 is 2.32 bits per heavy atom. The van der Waals surface area contributed by atoms with Gasteiger partial charge in [0.15, 0.2) is 5.13 Å². The average molecular weight is 403 g/mol. The van der Waals surface area contributed by atoms with Crippen LogP contribution < -0.4 is 5.32 Å². The Morgan fingerprint density at radius 2 is 1.68 bits per heavy atom. The van der Waals surface area contributed by atoms with Crippen LogP contribution in [-0.4, -0.2) is 59.8 Å². The molecule has 0 saturated carbocycles. The normalized spacial score (nSPS) is 11.0. The number of hydrogen-bond donors (Lipinski definition) is 1. The quantitative estimate of drug-likeness (QED) is 0.734. The molecule has 0 fully saturated rings. The third kappa shape index (κ3) is 5.62. The van der Waals surface area contributed by atoms with Crippen LogP contribution in [0.15, 0.2) is 17.5 Å². The predicted octanol–water partition coefficient (Wildman–Crippen LogP) is 3.47. The van der Waals surface area contributed by atoms with E-state index in [1.54, 1.807) is 16.8 Å². The molecule has 0 radical (unpaired) electrons. The van der Waals surface area contributed by atoms with Gasteiger partial charge in [-0.3, -0.25) is 14.5 Å².